The molecular weight excluding hydrogens is 233 g/mol. The molecule has 0 radical (unpaired) electrons. The molecule has 13 heavy (non-hydrogen) atoms. The normalized spacial score (nSPS) is 17.1. The molecule has 1 aromatic carbocycles. The first-order valence-corrected chi connectivity index (χ1v) is 5.21. The zero-order chi connectivity index (χ0) is 9.26. The molecule has 0 N–H and O–H groups in total. The van der Waals surface area contributed by atoms with E-state index in [2.05, 4.69) is 20.8 Å². The summed E-state index contributed by atoms with van der Waals surface area (Å²) in [5.41, 5.74) is 1.17. The molecule has 2 rings (SSSR count). The molecule has 1 saturated heterocycles. The molecule has 3 heteroatoms. The maximum Gasteiger partial charge on any atom is 0.137 e. The van der Waals surface area contributed by atoms with Crippen LogP contribution in [0.1, 0.15) is 12.0 Å². The van der Waals surface area contributed by atoms with Gasteiger partial charge in [0.05, 0.1) is 4.47 Å². The first-order valence-electron chi connectivity index (χ1n) is 4.42. The lowest BCUT2D eigenvalue weighted by Gasteiger charge is -2.30. The molecule has 1 fully saturated rings. The van der Waals surface area contributed by atoms with Gasteiger partial charge in [0.2, 0.25) is 0 Å². The summed E-state index contributed by atoms with van der Waals surface area (Å²) in [5.74, 6) is -0.188. The van der Waals surface area contributed by atoms with Crippen molar-refractivity contribution < 1.29 is 4.39 Å². The zero-order valence-electron chi connectivity index (χ0n) is 7.26. The Morgan fingerprint density at radius 1 is 1.38 bits per heavy atom. The van der Waals surface area contributed by atoms with Crippen LogP contribution in [-0.2, 0) is 6.54 Å². The first-order chi connectivity index (χ1) is 6.25. The Kier molecular flexibility index (Phi) is 2.65. The van der Waals surface area contributed by atoms with E-state index in [0.29, 0.717) is 4.47 Å². The van der Waals surface area contributed by atoms with Gasteiger partial charge in [0.15, 0.2) is 0 Å². The number of likely N-dealkylation sites (tertiary alicyclic amines) is 1. The van der Waals surface area contributed by atoms with Gasteiger partial charge in [0.1, 0.15) is 5.82 Å². The minimum absolute atomic E-state index is 0.188. The van der Waals surface area contributed by atoms with Gasteiger partial charge in [-0.15, -0.1) is 0 Å². The lowest BCUT2D eigenvalue weighted by molar-refractivity contribution is 0.172. The maximum absolute atomic E-state index is 12.9. The minimum Gasteiger partial charge on any atom is -0.299 e. The molecule has 1 aromatic rings. The Bertz CT molecular complexity index is 310. The highest BCUT2D eigenvalue weighted by molar-refractivity contribution is 9.10. The number of hydrogen-bond acceptors (Lipinski definition) is 1. The van der Waals surface area contributed by atoms with Gasteiger partial charge >= 0.3 is 0 Å². The van der Waals surface area contributed by atoms with Crippen molar-refractivity contribution in [3.05, 3.63) is 34.1 Å². The topological polar surface area (TPSA) is 3.24 Å². The van der Waals surface area contributed by atoms with E-state index in [1.165, 1.54) is 31.1 Å². The third kappa shape index (κ3) is 2.09. The monoisotopic (exact) mass is 243 g/mol. The zero-order valence-corrected chi connectivity index (χ0v) is 8.85. The molecule has 1 aliphatic rings. The molecule has 70 valence electrons. The van der Waals surface area contributed by atoms with E-state index < -0.39 is 0 Å². The van der Waals surface area contributed by atoms with Crippen molar-refractivity contribution in [3.8, 4) is 0 Å². The molecule has 1 nitrogen and oxygen atoms in total. The average Bonchev–Trinajstić information content (AvgIpc) is 2.04. The number of rotatable bonds is 2. The fourth-order valence-corrected chi connectivity index (χ4v) is 1.86. The summed E-state index contributed by atoms with van der Waals surface area (Å²) >= 11 is 3.18. The van der Waals surface area contributed by atoms with Crippen molar-refractivity contribution in [2.24, 2.45) is 0 Å². The van der Waals surface area contributed by atoms with Crippen LogP contribution in [0.4, 0.5) is 4.39 Å². The summed E-state index contributed by atoms with van der Waals surface area (Å²) in [6.45, 7) is 3.29. The van der Waals surface area contributed by atoms with Crippen LogP contribution in [-0.4, -0.2) is 18.0 Å². The Balaban J connectivity index is 2.07. The molecule has 0 aromatic heterocycles. The van der Waals surface area contributed by atoms with E-state index in [1.807, 2.05) is 12.1 Å². The second-order valence-corrected chi connectivity index (χ2v) is 4.23. The second-order valence-electron chi connectivity index (χ2n) is 3.38. The molecule has 0 amide bonds. The third-order valence-corrected chi connectivity index (χ3v) is 2.95. The molecule has 1 heterocycles. The van der Waals surface area contributed by atoms with Crippen LogP contribution in [0.5, 0.6) is 0 Å². The van der Waals surface area contributed by atoms with Crippen molar-refractivity contribution in [1.29, 1.82) is 0 Å². The molecular formula is C10H11BrFN. The van der Waals surface area contributed by atoms with Crippen LogP contribution in [0.25, 0.3) is 0 Å². The van der Waals surface area contributed by atoms with E-state index >= 15 is 0 Å². The lowest BCUT2D eigenvalue weighted by Crippen LogP contribution is -2.36. The summed E-state index contributed by atoms with van der Waals surface area (Å²) in [5, 5.41) is 0. The lowest BCUT2D eigenvalue weighted by atomic mass is 10.1. The van der Waals surface area contributed by atoms with E-state index in [-0.39, 0.29) is 5.82 Å². The fourth-order valence-electron chi connectivity index (χ4n) is 1.44. The summed E-state index contributed by atoms with van der Waals surface area (Å²) in [7, 11) is 0. The molecule has 0 bridgehead atoms. The molecule has 0 unspecified atom stereocenters. The predicted molar refractivity (Wildman–Crippen MR) is 54.0 cm³/mol. The van der Waals surface area contributed by atoms with Crippen LogP contribution in [0.15, 0.2) is 22.7 Å². The number of benzene rings is 1. The Labute approximate surface area is 85.7 Å². The van der Waals surface area contributed by atoms with Gasteiger partial charge in [-0.25, -0.2) is 4.39 Å². The highest BCUT2D eigenvalue weighted by atomic mass is 79.9. The summed E-state index contributed by atoms with van der Waals surface area (Å²) in [4.78, 5) is 2.35. The largest absolute Gasteiger partial charge is 0.299 e. The van der Waals surface area contributed by atoms with Gasteiger partial charge in [-0.1, -0.05) is 6.07 Å². The standard InChI is InChI=1S/C10H11BrFN/c11-9-6-8(2-3-10(9)12)7-13-4-1-5-13/h2-3,6H,1,4-5,7H2. The molecule has 0 saturated carbocycles. The number of halogens is 2. The molecule has 0 atom stereocenters. The van der Waals surface area contributed by atoms with Crippen LogP contribution >= 0.6 is 15.9 Å². The number of hydrogen-bond donors (Lipinski definition) is 0. The average molecular weight is 244 g/mol. The van der Waals surface area contributed by atoms with Crippen molar-refractivity contribution >= 4 is 15.9 Å². The SMILES string of the molecule is Fc1ccc(CN2CCC2)cc1Br. The van der Waals surface area contributed by atoms with Crippen LogP contribution in [0.3, 0.4) is 0 Å². The highest BCUT2D eigenvalue weighted by Crippen LogP contribution is 2.19. The summed E-state index contributed by atoms with van der Waals surface area (Å²) < 4.78 is 13.4. The quantitative estimate of drug-likeness (QED) is 0.773. The summed E-state index contributed by atoms with van der Waals surface area (Å²) in [6, 6.07) is 5.21. The van der Waals surface area contributed by atoms with Gasteiger partial charge in [-0.3, -0.25) is 4.90 Å². The van der Waals surface area contributed by atoms with Gasteiger partial charge in [0.25, 0.3) is 0 Å². The Morgan fingerprint density at radius 2 is 2.15 bits per heavy atom. The van der Waals surface area contributed by atoms with Crippen molar-refractivity contribution in [2.45, 2.75) is 13.0 Å². The van der Waals surface area contributed by atoms with E-state index in [0.717, 1.165) is 6.54 Å². The second kappa shape index (κ2) is 3.76. The highest BCUT2D eigenvalue weighted by Gasteiger charge is 2.13. The molecule has 0 aliphatic carbocycles. The smallest absolute Gasteiger partial charge is 0.137 e. The van der Waals surface area contributed by atoms with Crippen LogP contribution < -0.4 is 0 Å². The van der Waals surface area contributed by atoms with E-state index in [1.54, 1.807) is 0 Å². The molecule has 1 aliphatic heterocycles. The Morgan fingerprint density at radius 3 is 2.69 bits per heavy atom. The minimum atomic E-state index is -0.188. The van der Waals surface area contributed by atoms with Crippen molar-refractivity contribution in [1.82, 2.24) is 4.90 Å². The van der Waals surface area contributed by atoms with Crippen LogP contribution in [0, 0.1) is 5.82 Å². The van der Waals surface area contributed by atoms with Gasteiger partial charge < -0.3 is 0 Å². The van der Waals surface area contributed by atoms with E-state index in [9.17, 15) is 4.39 Å². The van der Waals surface area contributed by atoms with Gasteiger partial charge in [-0.2, -0.15) is 0 Å². The maximum atomic E-state index is 12.9. The van der Waals surface area contributed by atoms with E-state index in [4.69, 9.17) is 0 Å². The van der Waals surface area contributed by atoms with Crippen molar-refractivity contribution in [2.75, 3.05) is 13.1 Å². The van der Waals surface area contributed by atoms with Crippen LogP contribution in [0.2, 0.25) is 0 Å². The number of nitrogens with zero attached hydrogens (tertiary/aromatic N) is 1. The fraction of sp³-hybridized carbons (Fsp3) is 0.400. The summed E-state index contributed by atoms with van der Waals surface area (Å²) in [6.07, 6.45) is 1.29. The van der Waals surface area contributed by atoms with Gasteiger partial charge in [-0.05, 0) is 53.1 Å². The Hall–Kier alpha value is -0.410. The molecule has 0 spiro atoms. The van der Waals surface area contributed by atoms with Crippen molar-refractivity contribution in [3.63, 3.8) is 0 Å². The van der Waals surface area contributed by atoms with Gasteiger partial charge in [0, 0.05) is 6.54 Å². The predicted octanol–water partition coefficient (Wildman–Crippen LogP) is 2.79. The third-order valence-electron chi connectivity index (χ3n) is 2.34. The first kappa shape index (κ1) is 9.16.